The molecule has 3 rings (SSSR count). The van der Waals surface area contributed by atoms with Crippen LogP contribution in [0.15, 0.2) is 53.3 Å². The molecule has 0 radical (unpaired) electrons. The molecule has 1 atom stereocenters. The highest BCUT2D eigenvalue weighted by atomic mass is 16.6. The van der Waals surface area contributed by atoms with Crippen LogP contribution in [0.2, 0.25) is 0 Å². The maximum absolute atomic E-state index is 12.1. The minimum absolute atomic E-state index is 0.201. The Kier molecular flexibility index (Phi) is 6.01. The van der Waals surface area contributed by atoms with E-state index in [2.05, 4.69) is 15.1 Å². The van der Waals surface area contributed by atoms with Gasteiger partial charge in [-0.25, -0.2) is 4.79 Å². The lowest BCUT2D eigenvalue weighted by Gasteiger charge is -2.08. The standard InChI is InChI=1S/C20H19N3O5/c1-13(20-22-19(23-28-20)15-5-4-10-21-12-15)27-18(24)9-7-14-6-8-16(25-2)17(11-14)26-3/h4-13H,1-3H3/b9-7+. The second-order valence-corrected chi connectivity index (χ2v) is 5.72. The molecule has 0 amide bonds. The molecule has 28 heavy (non-hydrogen) atoms. The van der Waals surface area contributed by atoms with Crippen molar-refractivity contribution >= 4 is 12.0 Å². The van der Waals surface area contributed by atoms with Crippen LogP contribution in [0.25, 0.3) is 17.5 Å². The van der Waals surface area contributed by atoms with Crippen LogP contribution in [-0.2, 0) is 9.53 Å². The Labute approximate surface area is 161 Å². The van der Waals surface area contributed by atoms with E-state index in [1.54, 1.807) is 63.9 Å². The molecule has 144 valence electrons. The van der Waals surface area contributed by atoms with Crippen molar-refractivity contribution in [3.8, 4) is 22.9 Å². The second kappa shape index (κ2) is 8.81. The van der Waals surface area contributed by atoms with Crippen molar-refractivity contribution in [3.63, 3.8) is 0 Å². The molecule has 2 aromatic heterocycles. The number of carbonyl (C=O) groups excluding carboxylic acids is 1. The second-order valence-electron chi connectivity index (χ2n) is 5.72. The molecule has 2 heterocycles. The third-order valence-corrected chi connectivity index (χ3v) is 3.82. The van der Waals surface area contributed by atoms with Crippen molar-refractivity contribution in [2.75, 3.05) is 14.2 Å². The zero-order valence-corrected chi connectivity index (χ0v) is 15.7. The minimum atomic E-state index is -0.694. The van der Waals surface area contributed by atoms with Gasteiger partial charge in [0.05, 0.1) is 14.2 Å². The van der Waals surface area contributed by atoms with Crippen LogP contribution in [0.3, 0.4) is 0 Å². The fourth-order valence-corrected chi connectivity index (χ4v) is 2.40. The fraction of sp³-hybridized carbons (Fsp3) is 0.200. The van der Waals surface area contributed by atoms with Gasteiger partial charge in [0.15, 0.2) is 17.6 Å². The van der Waals surface area contributed by atoms with Crippen molar-refractivity contribution in [2.45, 2.75) is 13.0 Å². The van der Waals surface area contributed by atoms with Crippen LogP contribution >= 0.6 is 0 Å². The lowest BCUT2D eigenvalue weighted by molar-refractivity contribution is -0.143. The molecule has 0 spiro atoms. The highest BCUT2D eigenvalue weighted by molar-refractivity contribution is 5.87. The van der Waals surface area contributed by atoms with Crippen molar-refractivity contribution in [1.29, 1.82) is 0 Å². The topological polar surface area (TPSA) is 96.6 Å². The van der Waals surface area contributed by atoms with Crippen molar-refractivity contribution < 1.29 is 23.5 Å². The summed E-state index contributed by atoms with van der Waals surface area (Å²) in [6.45, 7) is 1.66. The van der Waals surface area contributed by atoms with Gasteiger partial charge in [-0.05, 0) is 42.8 Å². The van der Waals surface area contributed by atoms with E-state index >= 15 is 0 Å². The number of esters is 1. The summed E-state index contributed by atoms with van der Waals surface area (Å²) in [6, 6.07) is 8.89. The van der Waals surface area contributed by atoms with Gasteiger partial charge < -0.3 is 18.7 Å². The fourth-order valence-electron chi connectivity index (χ4n) is 2.40. The van der Waals surface area contributed by atoms with Gasteiger partial charge in [-0.15, -0.1) is 0 Å². The maximum atomic E-state index is 12.1. The van der Waals surface area contributed by atoms with E-state index in [1.807, 2.05) is 6.07 Å². The summed E-state index contributed by atoms with van der Waals surface area (Å²) in [5, 5.41) is 3.88. The van der Waals surface area contributed by atoms with E-state index in [4.69, 9.17) is 18.7 Å². The summed E-state index contributed by atoms with van der Waals surface area (Å²) in [5.74, 6) is 1.22. The van der Waals surface area contributed by atoms with Crippen molar-refractivity contribution in [1.82, 2.24) is 15.1 Å². The SMILES string of the molecule is COc1ccc(/C=C/C(=O)OC(C)c2nc(-c3cccnc3)no2)cc1OC. The largest absolute Gasteiger partial charge is 0.493 e. The van der Waals surface area contributed by atoms with E-state index in [0.717, 1.165) is 5.56 Å². The Bertz CT molecular complexity index is 969. The number of aromatic nitrogens is 3. The van der Waals surface area contributed by atoms with E-state index in [-0.39, 0.29) is 5.89 Å². The van der Waals surface area contributed by atoms with Gasteiger partial charge in [-0.1, -0.05) is 11.2 Å². The normalized spacial score (nSPS) is 12.0. The lowest BCUT2D eigenvalue weighted by Crippen LogP contribution is -2.06. The molecule has 3 aromatic rings. The average molecular weight is 381 g/mol. The molecule has 1 unspecified atom stereocenters. The van der Waals surface area contributed by atoms with Crippen LogP contribution in [0, 0.1) is 0 Å². The number of rotatable bonds is 7. The Morgan fingerprint density at radius 1 is 1.18 bits per heavy atom. The molecule has 8 heteroatoms. The monoisotopic (exact) mass is 381 g/mol. The molecule has 0 saturated heterocycles. The zero-order valence-electron chi connectivity index (χ0n) is 15.7. The van der Waals surface area contributed by atoms with Crippen molar-refractivity contribution in [2.24, 2.45) is 0 Å². The van der Waals surface area contributed by atoms with Crippen LogP contribution in [0.5, 0.6) is 11.5 Å². The van der Waals surface area contributed by atoms with E-state index < -0.39 is 12.1 Å². The Morgan fingerprint density at radius 2 is 2.00 bits per heavy atom. The summed E-state index contributed by atoms with van der Waals surface area (Å²) in [7, 11) is 3.11. The third kappa shape index (κ3) is 4.53. The van der Waals surface area contributed by atoms with E-state index in [0.29, 0.717) is 22.9 Å². The van der Waals surface area contributed by atoms with Gasteiger partial charge in [0.25, 0.3) is 5.89 Å². The maximum Gasteiger partial charge on any atom is 0.331 e. The number of hydrogen-bond acceptors (Lipinski definition) is 8. The number of carbonyl (C=O) groups is 1. The smallest absolute Gasteiger partial charge is 0.331 e. The summed E-state index contributed by atoms with van der Waals surface area (Å²) < 4.78 is 20.9. The number of pyridine rings is 1. The summed E-state index contributed by atoms with van der Waals surface area (Å²) >= 11 is 0. The highest BCUT2D eigenvalue weighted by Crippen LogP contribution is 2.28. The molecular weight excluding hydrogens is 362 g/mol. The number of benzene rings is 1. The molecule has 0 bridgehead atoms. The predicted molar refractivity (Wildman–Crippen MR) is 101 cm³/mol. The lowest BCUT2D eigenvalue weighted by atomic mass is 10.2. The van der Waals surface area contributed by atoms with E-state index in [1.165, 1.54) is 6.08 Å². The minimum Gasteiger partial charge on any atom is -0.493 e. The molecule has 8 nitrogen and oxygen atoms in total. The number of methoxy groups -OCH3 is 2. The molecular formula is C20H19N3O5. The Morgan fingerprint density at radius 3 is 2.71 bits per heavy atom. The number of ether oxygens (including phenoxy) is 3. The van der Waals surface area contributed by atoms with Crippen LogP contribution in [0.1, 0.15) is 24.5 Å². The van der Waals surface area contributed by atoms with Crippen LogP contribution < -0.4 is 9.47 Å². The first-order valence-electron chi connectivity index (χ1n) is 8.45. The van der Waals surface area contributed by atoms with Gasteiger partial charge in [0, 0.05) is 24.0 Å². The summed E-state index contributed by atoms with van der Waals surface area (Å²) in [6.07, 6.45) is 5.51. The van der Waals surface area contributed by atoms with Gasteiger partial charge in [-0.2, -0.15) is 4.98 Å². The van der Waals surface area contributed by atoms with E-state index in [9.17, 15) is 4.79 Å². The molecule has 0 fully saturated rings. The van der Waals surface area contributed by atoms with Gasteiger partial charge in [0.1, 0.15) is 0 Å². The summed E-state index contributed by atoms with van der Waals surface area (Å²) in [5.41, 5.74) is 1.48. The first-order chi connectivity index (χ1) is 13.6. The molecule has 1 aromatic carbocycles. The predicted octanol–water partition coefficient (Wildman–Crippen LogP) is 3.47. The quantitative estimate of drug-likeness (QED) is 0.453. The average Bonchev–Trinajstić information content (AvgIpc) is 3.23. The molecule has 0 N–H and O–H groups in total. The first kappa shape index (κ1) is 19.1. The van der Waals surface area contributed by atoms with Gasteiger partial charge >= 0.3 is 5.97 Å². The highest BCUT2D eigenvalue weighted by Gasteiger charge is 2.18. The Hall–Kier alpha value is -3.68. The van der Waals surface area contributed by atoms with Crippen LogP contribution in [0.4, 0.5) is 0 Å². The first-order valence-corrected chi connectivity index (χ1v) is 8.45. The zero-order chi connectivity index (χ0) is 19.9. The van der Waals surface area contributed by atoms with Crippen LogP contribution in [-0.4, -0.2) is 35.3 Å². The molecule has 0 saturated carbocycles. The third-order valence-electron chi connectivity index (χ3n) is 3.82. The Balaban J connectivity index is 1.63. The van der Waals surface area contributed by atoms with Gasteiger partial charge in [0.2, 0.25) is 5.82 Å². The molecule has 0 aliphatic carbocycles. The molecule has 0 aliphatic rings. The summed E-state index contributed by atoms with van der Waals surface area (Å²) in [4.78, 5) is 20.3. The number of nitrogens with zero attached hydrogens (tertiary/aromatic N) is 3. The van der Waals surface area contributed by atoms with Gasteiger partial charge in [-0.3, -0.25) is 4.98 Å². The van der Waals surface area contributed by atoms with Crippen molar-refractivity contribution in [3.05, 3.63) is 60.3 Å². The number of hydrogen-bond donors (Lipinski definition) is 0. The molecule has 0 aliphatic heterocycles.